The third-order valence-corrected chi connectivity index (χ3v) is 4.09. The monoisotopic (exact) mass is 376 g/mol. The van der Waals surface area contributed by atoms with Crippen LogP contribution in [0.3, 0.4) is 0 Å². The Morgan fingerprint density at radius 3 is 2.47 bits per heavy atom. The van der Waals surface area contributed by atoms with Gasteiger partial charge in [-0.15, -0.1) is 0 Å². The first kappa shape index (κ1) is 15.1. The summed E-state index contributed by atoms with van der Waals surface area (Å²) in [4.78, 5) is 1.64. The largest absolute Gasteiger partial charge is 0.493 e. The Kier molecular flexibility index (Phi) is 5.91. The summed E-state index contributed by atoms with van der Waals surface area (Å²) in [7, 11) is 0. The highest BCUT2D eigenvalue weighted by atomic mass is 127. The van der Waals surface area contributed by atoms with Crippen LogP contribution in [0.1, 0.15) is 20.3 Å². The molecule has 1 aliphatic heterocycles. The number of morpholine rings is 1. The van der Waals surface area contributed by atoms with Gasteiger partial charge in [-0.25, -0.2) is 0 Å². The SMILES string of the molecule is C[C@@H]1C[NH+](CCCOc2ccc(I)cc2)C[C@H](C)O1. The van der Waals surface area contributed by atoms with Gasteiger partial charge in [0.2, 0.25) is 0 Å². The predicted molar refractivity (Wildman–Crippen MR) is 84.8 cm³/mol. The summed E-state index contributed by atoms with van der Waals surface area (Å²) in [6, 6.07) is 8.22. The topological polar surface area (TPSA) is 22.9 Å². The summed E-state index contributed by atoms with van der Waals surface area (Å²) in [5, 5.41) is 0. The molecule has 0 radical (unpaired) electrons. The molecular formula is C15H23INO2+. The lowest BCUT2D eigenvalue weighted by atomic mass is 10.2. The van der Waals surface area contributed by atoms with Crippen molar-refractivity contribution in [2.24, 2.45) is 0 Å². The molecule has 0 amide bonds. The quantitative estimate of drug-likeness (QED) is 0.625. The molecule has 1 aromatic carbocycles. The fourth-order valence-corrected chi connectivity index (χ4v) is 3.00. The van der Waals surface area contributed by atoms with Gasteiger partial charge in [0.25, 0.3) is 0 Å². The molecule has 3 atom stereocenters. The fourth-order valence-electron chi connectivity index (χ4n) is 2.64. The van der Waals surface area contributed by atoms with Crippen LogP contribution in [0.25, 0.3) is 0 Å². The predicted octanol–water partition coefficient (Wildman–Crippen LogP) is 1.75. The number of nitrogens with one attached hydrogen (secondary N) is 1. The van der Waals surface area contributed by atoms with Crippen LogP contribution in [-0.4, -0.2) is 38.4 Å². The number of hydrogen-bond acceptors (Lipinski definition) is 2. The minimum absolute atomic E-state index is 0.385. The normalized spacial score (nSPS) is 27.2. The molecule has 0 spiro atoms. The molecule has 1 aromatic rings. The van der Waals surface area contributed by atoms with E-state index in [-0.39, 0.29) is 0 Å². The Morgan fingerprint density at radius 1 is 1.21 bits per heavy atom. The van der Waals surface area contributed by atoms with Crippen LogP contribution in [0.15, 0.2) is 24.3 Å². The Morgan fingerprint density at radius 2 is 1.84 bits per heavy atom. The van der Waals surface area contributed by atoms with E-state index >= 15 is 0 Å². The highest BCUT2D eigenvalue weighted by Crippen LogP contribution is 2.13. The second-order valence-corrected chi connectivity index (χ2v) is 6.57. The lowest BCUT2D eigenvalue weighted by Crippen LogP contribution is -3.15. The third-order valence-electron chi connectivity index (χ3n) is 3.37. The third kappa shape index (κ3) is 5.28. The van der Waals surface area contributed by atoms with E-state index in [0.29, 0.717) is 12.2 Å². The molecule has 1 unspecified atom stereocenters. The van der Waals surface area contributed by atoms with Gasteiger partial charge in [-0.2, -0.15) is 0 Å². The van der Waals surface area contributed by atoms with Crippen molar-refractivity contribution in [3.8, 4) is 5.75 Å². The van der Waals surface area contributed by atoms with Crippen LogP contribution < -0.4 is 9.64 Å². The van der Waals surface area contributed by atoms with E-state index in [9.17, 15) is 0 Å². The number of hydrogen-bond donors (Lipinski definition) is 1. The zero-order valence-electron chi connectivity index (χ0n) is 11.7. The van der Waals surface area contributed by atoms with Crippen LogP contribution >= 0.6 is 22.6 Å². The summed E-state index contributed by atoms with van der Waals surface area (Å²) in [5.41, 5.74) is 0. The molecule has 3 nitrogen and oxygen atoms in total. The molecule has 1 saturated heterocycles. The molecule has 0 aromatic heterocycles. The first-order chi connectivity index (χ1) is 9.13. The van der Waals surface area contributed by atoms with Crippen molar-refractivity contribution in [2.75, 3.05) is 26.2 Å². The lowest BCUT2D eigenvalue weighted by molar-refractivity contribution is -0.915. The number of halogens is 1. The van der Waals surface area contributed by atoms with Gasteiger partial charge in [0, 0.05) is 9.99 Å². The molecule has 0 saturated carbocycles. The van der Waals surface area contributed by atoms with Crippen molar-refractivity contribution in [3.05, 3.63) is 27.8 Å². The molecule has 1 heterocycles. The van der Waals surface area contributed by atoms with E-state index in [0.717, 1.165) is 31.9 Å². The molecule has 4 heteroatoms. The summed E-state index contributed by atoms with van der Waals surface area (Å²) in [6.07, 6.45) is 1.87. The Hall–Kier alpha value is -0.330. The molecule has 106 valence electrons. The second-order valence-electron chi connectivity index (χ2n) is 5.32. The minimum Gasteiger partial charge on any atom is -0.493 e. The van der Waals surface area contributed by atoms with E-state index in [1.165, 1.54) is 10.1 Å². The first-order valence-corrected chi connectivity index (χ1v) is 8.09. The summed E-state index contributed by atoms with van der Waals surface area (Å²) in [5.74, 6) is 0.971. The van der Waals surface area contributed by atoms with Crippen LogP contribution in [0.5, 0.6) is 5.75 Å². The van der Waals surface area contributed by atoms with Gasteiger partial charge in [-0.3, -0.25) is 0 Å². The highest BCUT2D eigenvalue weighted by molar-refractivity contribution is 14.1. The first-order valence-electron chi connectivity index (χ1n) is 7.01. The summed E-state index contributed by atoms with van der Waals surface area (Å²) < 4.78 is 12.7. The number of rotatable bonds is 5. The Labute approximate surface area is 129 Å². The standard InChI is InChI=1S/C15H22INO2/c1-12-10-17(11-13(2)19-12)8-3-9-18-15-6-4-14(16)5-7-15/h4-7,12-13H,3,8-11H2,1-2H3/p+1/t12-,13+. The fraction of sp³-hybridized carbons (Fsp3) is 0.600. The van der Waals surface area contributed by atoms with Crippen LogP contribution in [0.2, 0.25) is 0 Å². The van der Waals surface area contributed by atoms with E-state index in [1.807, 2.05) is 12.1 Å². The molecule has 19 heavy (non-hydrogen) atoms. The smallest absolute Gasteiger partial charge is 0.119 e. The molecule has 0 aliphatic carbocycles. The number of benzene rings is 1. The van der Waals surface area contributed by atoms with Crippen molar-refractivity contribution >= 4 is 22.6 Å². The average molecular weight is 376 g/mol. The summed E-state index contributed by atoms with van der Waals surface area (Å²) in [6.45, 7) is 8.54. The van der Waals surface area contributed by atoms with Gasteiger partial charge in [0.15, 0.2) is 0 Å². The average Bonchev–Trinajstić information content (AvgIpc) is 2.36. The van der Waals surface area contributed by atoms with Gasteiger partial charge >= 0.3 is 0 Å². The van der Waals surface area contributed by atoms with Gasteiger partial charge < -0.3 is 14.4 Å². The molecule has 1 aliphatic rings. The van der Waals surface area contributed by atoms with Crippen molar-refractivity contribution in [1.82, 2.24) is 0 Å². The van der Waals surface area contributed by atoms with Crippen LogP contribution in [0, 0.1) is 3.57 Å². The zero-order valence-corrected chi connectivity index (χ0v) is 13.9. The van der Waals surface area contributed by atoms with Crippen molar-refractivity contribution in [1.29, 1.82) is 0 Å². The lowest BCUT2D eigenvalue weighted by Gasteiger charge is -2.32. The molecule has 2 rings (SSSR count). The summed E-state index contributed by atoms with van der Waals surface area (Å²) >= 11 is 2.30. The molecule has 1 fully saturated rings. The van der Waals surface area contributed by atoms with Crippen molar-refractivity contribution in [2.45, 2.75) is 32.5 Å². The Balaban J connectivity index is 1.65. The van der Waals surface area contributed by atoms with E-state index < -0.39 is 0 Å². The Bertz CT molecular complexity index is 372. The van der Waals surface area contributed by atoms with E-state index in [1.54, 1.807) is 4.90 Å². The van der Waals surface area contributed by atoms with Crippen molar-refractivity contribution < 1.29 is 14.4 Å². The maximum Gasteiger partial charge on any atom is 0.119 e. The highest BCUT2D eigenvalue weighted by Gasteiger charge is 2.24. The van der Waals surface area contributed by atoms with E-state index in [4.69, 9.17) is 9.47 Å². The van der Waals surface area contributed by atoms with Gasteiger partial charge in [-0.1, -0.05) is 0 Å². The molecule has 0 bridgehead atoms. The zero-order chi connectivity index (χ0) is 13.7. The van der Waals surface area contributed by atoms with Gasteiger partial charge in [0.1, 0.15) is 31.0 Å². The van der Waals surface area contributed by atoms with E-state index in [2.05, 4.69) is 48.6 Å². The number of quaternary nitrogens is 1. The second kappa shape index (κ2) is 7.45. The van der Waals surface area contributed by atoms with Gasteiger partial charge in [0.05, 0.1) is 13.2 Å². The van der Waals surface area contributed by atoms with Crippen LogP contribution in [-0.2, 0) is 4.74 Å². The maximum absolute atomic E-state index is 5.76. The van der Waals surface area contributed by atoms with Crippen LogP contribution in [0.4, 0.5) is 0 Å². The molecule has 1 N–H and O–H groups in total. The number of ether oxygens (including phenoxy) is 2. The minimum atomic E-state index is 0.385. The maximum atomic E-state index is 5.76. The molecular weight excluding hydrogens is 353 g/mol. The van der Waals surface area contributed by atoms with Gasteiger partial charge in [-0.05, 0) is 60.7 Å². The van der Waals surface area contributed by atoms with Crippen molar-refractivity contribution in [3.63, 3.8) is 0 Å².